The molecule has 3 aromatic carbocycles. The summed E-state index contributed by atoms with van der Waals surface area (Å²) in [5, 5.41) is 9.64. The molecule has 0 aliphatic rings. The number of fused-ring (bicyclic) bond motifs is 1. The first-order valence-electron chi connectivity index (χ1n) is 13.4. The van der Waals surface area contributed by atoms with E-state index in [1.165, 1.54) is 25.1 Å². The predicted octanol–water partition coefficient (Wildman–Crippen LogP) is 3.23. The Kier molecular flexibility index (Phi) is 12.3. The number of anilines is 1. The number of aryl methyl sites for hydroxylation is 1. The number of nitrogens with zero attached hydrogens (tertiary/aromatic N) is 1. The molecule has 4 rings (SSSR count). The van der Waals surface area contributed by atoms with E-state index >= 15 is 0 Å². The highest BCUT2D eigenvalue weighted by Gasteiger charge is 2.22. The molecule has 1 heterocycles. The molecule has 0 aliphatic carbocycles. The van der Waals surface area contributed by atoms with Gasteiger partial charge in [-0.3, -0.25) is 15.4 Å². The summed E-state index contributed by atoms with van der Waals surface area (Å²) in [6, 6.07) is 20.2. The molecule has 12 heteroatoms. The fourth-order valence-electron chi connectivity index (χ4n) is 4.32. The Bertz CT molecular complexity index is 1590. The van der Waals surface area contributed by atoms with Crippen LogP contribution in [0.25, 0.3) is 10.8 Å². The summed E-state index contributed by atoms with van der Waals surface area (Å²) in [4.78, 5) is 38.2. The van der Waals surface area contributed by atoms with Crippen molar-refractivity contribution in [1.29, 1.82) is 0 Å². The van der Waals surface area contributed by atoms with Crippen molar-refractivity contribution in [3.8, 4) is 0 Å². The van der Waals surface area contributed by atoms with Crippen molar-refractivity contribution in [3.63, 3.8) is 0 Å². The van der Waals surface area contributed by atoms with Crippen LogP contribution in [0.3, 0.4) is 0 Å². The van der Waals surface area contributed by atoms with E-state index in [-0.39, 0.29) is 19.0 Å². The van der Waals surface area contributed by atoms with Gasteiger partial charge in [0.05, 0.1) is 16.7 Å². The molecule has 0 saturated heterocycles. The topological polar surface area (TPSA) is 110 Å². The molecule has 2 unspecified atom stereocenters. The van der Waals surface area contributed by atoms with Crippen molar-refractivity contribution in [3.05, 3.63) is 107 Å². The van der Waals surface area contributed by atoms with Crippen molar-refractivity contribution >= 4 is 50.5 Å². The largest absolute Gasteiger partial charge is 1.00 e. The number of pyridine rings is 1. The lowest BCUT2D eigenvalue weighted by atomic mass is 10.1. The van der Waals surface area contributed by atoms with E-state index < -0.39 is 36.2 Å². The van der Waals surface area contributed by atoms with Crippen molar-refractivity contribution in [2.45, 2.75) is 39.1 Å². The number of carbonyl (C=O) groups is 3. The van der Waals surface area contributed by atoms with Crippen LogP contribution in [0, 0.1) is 5.82 Å². The fourth-order valence-corrected chi connectivity index (χ4v) is 4.83. The number of ether oxygens (including phenoxy) is 2. The molecule has 226 valence electrons. The molecule has 2 atom stereocenters. The average Bonchev–Trinajstić information content (AvgIpc) is 2.95. The molecule has 43 heavy (non-hydrogen) atoms. The maximum atomic E-state index is 14.0. The summed E-state index contributed by atoms with van der Waals surface area (Å²) in [6.07, 6.45) is 0.683. The average molecular weight is 674 g/mol. The zero-order chi connectivity index (χ0) is 30.1. The van der Waals surface area contributed by atoms with E-state index in [1.54, 1.807) is 24.4 Å². The summed E-state index contributed by atoms with van der Waals surface area (Å²) in [5.74, 6) is -0.921. The van der Waals surface area contributed by atoms with Crippen LogP contribution in [0.2, 0.25) is 0 Å². The first kappa shape index (κ1) is 33.3. The molecule has 3 amide bonds. The first-order valence-corrected chi connectivity index (χ1v) is 14.2. The number of rotatable bonds is 10. The van der Waals surface area contributed by atoms with Crippen molar-refractivity contribution in [2.75, 3.05) is 11.9 Å². The van der Waals surface area contributed by atoms with Gasteiger partial charge in [0.25, 0.3) is 5.91 Å². The van der Waals surface area contributed by atoms with Gasteiger partial charge in [0.15, 0.2) is 18.6 Å². The van der Waals surface area contributed by atoms with E-state index in [9.17, 15) is 18.8 Å². The Labute approximate surface area is 263 Å². The second-order valence-electron chi connectivity index (χ2n) is 9.48. The highest BCUT2D eigenvalue weighted by Crippen LogP contribution is 2.23. The fraction of sp³-hybridized carbons (Fsp3) is 0.226. The van der Waals surface area contributed by atoms with Crippen LogP contribution in [-0.2, 0) is 16.0 Å². The van der Waals surface area contributed by atoms with Crippen molar-refractivity contribution in [1.82, 2.24) is 10.6 Å². The maximum Gasteiger partial charge on any atom is 0.413 e. The number of halogens is 3. The standard InChI is InChI=1S/C31H30BrFN4O5.ClH/c1-3-14-37-18-23(15-24(32)19-37)29(38)34-17-28(22-10-6-11-25(33)16-22)42-30(39)35-20(2)41-31(40)36-27-13-7-9-21-8-4-5-12-26(21)27;/h4-13,15-16,18-20,28H,3,14,17H2,1-2H3,(H2-,34,35,36,38,39,40);1H. The van der Waals surface area contributed by atoms with Gasteiger partial charge in [-0.25, -0.2) is 18.5 Å². The Morgan fingerprint density at radius 3 is 2.47 bits per heavy atom. The van der Waals surface area contributed by atoms with Gasteiger partial charge < -0.3 is 27.2 Å². The van der Waals surface area contributed by atoms with E-state index in [1.807, 2.05) is 54.1 Å². The number of benzene rings is 3. The molecule has 0 radical (unpaired) electrons. The minimum absolute atomic E-state index is 0. The van der Waals surface area contributed by atoms with Crippen LogP contribution >= 0.6 is 15.9 Å². The van der Waals surface area contributed by atoms with Crippen molar-refractivity contribution in [2.24, 2.45) is 0 Å². The van der Waals surface area contributed by atoms with Gasteiger partial charge >= 0.3 is 12.2 Å². The number of nitrogens with one attached hydrogen (secondary N) is 3. The third-order valence-corrected chi connectivity index (χ3v) is 6.61. The highest BCUT2D eigenvalue weighted by atomic mass is 79.9. The smallest absolute Gasteiger partial charge is 0.413 e. The van der Waals surface area contributed by atoms with E-state index in [4.69, 9.17) is 9.47 Å². The minimum atomic E-state index is -1.06. The molecule has 0 bridgehead atoms. The second-order valence-corrected chi connectivity index (χ2v) is 10.4. The van der Waals surface area contributed by atoms with Crippen LogP contribution < -0.4 is 32.9 Å². The molecule has 0 fully saturated rings. The number of hydrogen-bond donors (Lipinski definition) is 3. The number of alkyl carbamates (subject to hydrolysis) is 1. The molecule has 1 aromatic heterocycles. The molecule has 0 aliphatic heterocycles. The molecule has 0 spiro atoms. The molecule has 9 nitrogen and oxygen atoms in total. The third kappa shape index (κ3) is 9.65. The van der Waals surface area contributed by atoms with Gasteiger partial charge in [-0.1, -0.05) is 55.5 Å². The van der Waals surface area contributed by atoms with Crippen LogP contribution in [-0.4, -0.2) is 30.9 Å². The van der Waals surface area contributed by atoms with Crippen LogP contribution in [0.5, 0.6) is 0 Å². The van der Waals surface area contributed by atoms with Crippen molar-refractivity contribution < 1.29 is 45.2 Å². The number of carbonyl (C=O) groups excluding carboxylic acids is 3. The molecular formula is C31H31BrClFN4O5. The zero-order valence-electron chi connectivity index (χ0n) is 23.5. The lowest BCUT2D eigenvalue weighted by Gasteiger charge is -2.21. The van der Waals surface area contributed by atoms with E-state index in [2.05, 4.69) is 31.9 Å². The summed E-state index contributed by atoms with van der Waals surface area (Å²) in [5.41, 5.74) is 1.29. The highest BCUT2D eigenvalue weighted by molar-refractivity contribution is 9.10. The zero-order valence-corrected chi connectivity index (χ0v) is 25.8. The van der Waals surface area contributed by atoms with Crippen LogP contribution in [0.15, 0.2) is 89.7 Å². The Morgan fingerprint density at radius 2 is 1.70 bits per heavy atom. The molecule has 3 N–H and O–H groups in total. The van der Waals surface area contributed by atoms with Gasteiger partial charge in [0.2, 0.25) is 0 Å². The molecule has 0 saturated carbocycles. The Morgan fingerprint density at radius 1 is 0.953 bits per heavy atom. The van der Waals surface area contributed by atoms with E-state index in [0.29, 0.717) is 16.8 Å². The second kappa shape index (κ2) is 15.9. The maximum absolute atomic E-state index is 14.0. The normalized spacial score (nSPS) is 11.9. The quantitative estimate of drug-likeness (QED) is 0.177. The minimum Gasteiger partial charge on any atom is -1.00 e. The molecular weight excluding hydrogens is 643 g/mol. The number of aromatic nitrogens is 1. The third-order valence-electron chi connectivity index (χ3n) is 6.18. The van der Waals surface area contributed by atoms with Gasteiger partial charge in [0, 0.05) is 11.8 Å². The van der Waals surface area contributed by atoms with Crippen LogP contribution in [0.4, 0.5) is 19.7 Å². The number of amides is 3. The van der Waals surface area contributed by atoms with Crippen LogP contribution in [0.1, 0.15) is 42.3 Å². The summed E-state index contributed by atoms with van der Waals surface area (Å²) < 4.78 is 27.4. The lowest BCUT2D eigenvalue weighted by molar-refractivity contribution is -0.697. The summed E-state index contributed by atoms with van der Waals surface area (Å²) in [6.45, 7) is 4.09. The lowest BCUT2D eigenvalue weighted by Crippen LogP contribution is -3.00. The van der Waals surface area contributed by atoms with Gasteiger partial charge in [-0.2, -0.15) is 0 Å². The van der Waals surface area contributed by atoms with Gasteiger partial charge in [-0.15, -0.1) is 0 Å². The summed E-state index contributed by atoms with van der Waals surface area (Å²) in [7, 11) is 0. The van der Waals surface area contributed by atoms with Gasteiger partial charge in [-0.05, 0) is 58.1 Å². The predicted molar refractivity (Wildman–Crippen MR) is 159 cm³/mol. The SMILES string of the molecule is CCC[n+]1cc(Br)cc(C(=O)NCC(OC(=O)NC(C)OC(=O)Nc2cccc3ccccc23)c2cccc(F)c2)c1.[Cl-]. The Balaban J connectivity index is 0.00000506. The van der Waals surface area contributed by atoms with E-state index in [0.717, 1.165) is 28.2 Å². The monoisotopic (exact) mass is 672 g/mol. The molecule has 4 aromatic rings. The van der Waals surface area contributed by atoms with Gasteiger partial charge in [0.1, 0.15) is 24.0 Å². The Hall–Kier alpha value is -4.22. The number of hydrogen-bond acceptors (Lipinski definition) is 5. The summed E-state index contributed by atoms with van der Waals surface area (Å²) >= 11 is 3.42. The first-order chi connectivity index (χ1) is 20.2.